The minimum atomic E-state index is -0.259. The number of carbonyl (C=O) groups excluding carboxylic acids is 1. The lowest BCUT2D eigenvalue weighted by Crippen LogP contribution is -2.13. The van der Waals surface area contributed by atoms with Crippen molar-refractivity contribution >= 4 is 11.7 Å². The number of aromatic nitrogens is 2. The maximum Gasteiger partial charge on any atom is 0.256 e. The Labute approximate surface area is 151 Å². The fourth-order valence-electron chi connectivity index (χ4n) is 2.30. The highest BCUT2D eigenvalue weighted by atomic mass is 16.5. The average Bonchev–Trinajstić information content (AvgIpc) is 2.69. The highest BCUT2D eigenvalue weighted by molar-refractivity contribution is 6.04. The van der Waals surface area contributed by atoms with Gasteiger partial charge in [-0.3, -0.25) is 9.78 Å². The molecule has 0 saturated heterocycles. The van der Waals surface area contributed by atoms with E-state index in [4.69, 9.17) is 9.47 Å². The highest BCUT2D eigenvalue weighted by Gasteiger charge is 2.12. The molecule has 0 bridgehead atoms. The maximum absolute atomic E-state index is 12.4. The summed E-state index contributed by atoms with van der Waals surface area (Å²) in [5.41, 5.74) is 1.47. The second-order valence-electron chi connectivity index (χ2n) is 5.41. The molecule has 26 heavy (non-hydrogen) atoms. The molecule has 0 aliphatic heterocycles. The first kappa shape index (κ1) is 17.4. The molecule has 0 atom stereocenters. The van der Waals surface area contributed by atoms with E-state index in [1.807, 2.05) is 25.1 Å². The van der Waals surface area contributed by atoms with Crippen LogP contribution in [0.3, 0.4) is 0 Å². The summed E-state index contributed by atoms with van der Waals surface area (Å²) < 4.78 is 11.5. The van der Waals surface area contributed by atoms with Gasteiger partial charge in [0.2, 0.25) is 0 Å². The lowest BCUT2D eigenvalue weighted by molar-refractivity contribution is 0.102. The Kier molecular flexibility index (Phi) is 5.77. The summed E-state index contributed by atoms with van der Waals surface area (Å²) in [6, 6.07) is 14.2. The van der Waals surface area contributed by atoms with Crippen molar-refractivity contribution in [1.82, 2.24) is 9.97 Å². The largest absolute Gasteiger partial charge is 0.490 e. The lowest BCUT2D eigenvalue weighted by atomic mass is 10.2. The SMILES string of the molecule is CCOc1cc(C(=O)Nc2ccccn2)ccc1OCc1ccncc1. The molecule has 3 rings (SSSR count). The molecular weight excluding hydrogens is 330 g/mol. The molecule has 0 radical (unpaired) electrons. The number of anilines is 1. The fraction of sp³-hybridized carbons (Fsp3) is 0.150. The van der Waals surface area contributed by atoms with Gasteiger partial charge in [0.1, 0.15) is 12.4 Å². The van der Waals surface area contributed by atoms with Crippen LogP contribution in [-0.2, 0) is 6.61 Å². The summed E-state index contributed by atoms with van der Waals surface area (Å²) in [5.74, 6) is 1.34. The van der Waals surface area contributed by atoms with Crippen LogP contribution in [0.25, 0.3) is 0 Å². The number of hydrogen-bond acceptors (Lipinski definition) is 5. The van der Waals surface area contributed by atoms with E-state index in [2.05, 4.69) is 15.3 Å². The smallest absolute Gasteiger partial charge is 0.256 e. The number of pyridine rings is 2. The summed E-state index contributed by atoms with van der Waals surface area (Å²) in [6.07, 6.45) is 5.05. The minimum Gasteiger partial charge on any atom is -0.490 e. The van der Waals surface area contributed by atoms with Crippen molar-refractivity contribution in [2.75, 3.05) is 11.9 Å². The van der Waals surface area contributed by atoms with Crippen molar-refractivity contribution in [2.45, 2.75) is 13.5 Å². The first-order chi connectivity index (χ1) is 12.8. The Balaban J connectivity index is 1.74. The van der Waals surface area contributed by atoms with Gasteiger partial charge in [-0.1, -0.05) is 6.07 Å². The number of benzene rings is 1. The molecule has 1 amide bonds. The van der Waals surface area contributed by atoms with E-state index >= 15 is 0 Å². The predicted molar refractivity (Wildman–Crippen MR) is 98.4 cm³/mol. The molecular formula is C20H19N3O3. The van der Waals surface area contributed by atoms with Crippen LogP contribution in [0.5, 0.6) is 11.5 Å². The molecule has 1 N–H and O–H groups in total. The number of carbonyl (C=O) groups is 1. The van der Waals surface area contributed by atoms with Crippen molar-refractivity contribution in [1.29, 1.82) is 0 Å². The van der Waals surface area contributed by atoms with E-state index < -0.39 is 0 Å². The predicted octanol–water partition coefficient (Wildman–Crippen LogP) is 3.71. The molecule has 3 aromatic rings. The summed E-state index contributed by atoms with van der Waals surface area (Å²) in [7, 11) is 0. The number of hydrogen-bond donors (Lipinski definition) is 1. The molecule has 2 heterocycles. The third-order valence-electron chi connectivity index (χ3n) is 3.56. The summed E-state index contributed by atoms with van der Waals surface area (Å²) in [4.78, 5) is 20.5. The molecule has 2 aromatic heterocycles. The van der Waals surface area contributed by atoms with E-state index in [9.17, 15) is 4.79 Å². The van der Waals surface area contributed by atoms with Crippen LogP contribution in [0.2, 0.25) is 0 Å². The highest BCUT2D eigenvalue weighted by Crippen LogP contribution is 2.29. The summed E-state index contributed by atoms with van der Waals surface area (Å²) in [5, 5.41) is 2.75. The first-order valence-electron chi connectivity index (χ1n) is 8.27. The van der Waals surface area contributed by atoms with E-state index in [1.54, 1.807) is 48.9 Å². The Morgan fingerprint density at radius 3 is 2.58 bits per heavy atom. The standard InChI is InChI=1S/C20H19N3O3/c1-2-25-18-13-16(20(24)23-19-5-3-4-10-22-19)6-7-17(18)26-14-15-8-11-21-12-9-15/h3-13H,2,14H2,1H3,(H,22,23,24). The van der Waals surface area contributed by atoms with Crippen LogP contribution >= 0.6 is 0 Å². The number of ether oxygens (including phenoxy) is 2. The van der Waals surface area contributed by atoms with Crippen molar-refractivity contribution in [3.8, 4) is 11.5 Å². The second-order valence-corrected chi connectivity index (χ2v) is 5.41. The summed E-state index contributed by atoms with van der Waals surface area (Å²) in [6.45, 7) is 2.74. The van der Waals surface area contributed by atoms with E-state index in [-0.39, 0.29) is 5.91 Å². The Morgan fingerprint density at radius 2 is 1.85 bits per heavy atom. The topological polar surface area (TPSA) is 73.3 Å². The molecule has 132 valence electrons. The van der Waals surface area contributed by atoms with Crippen LogP contribution in [0.1, 0.15) is 22.8 Å². The lowest BCUT2D eigenvalue weighted by Gasteiger charge is -2.13. The average molecular weight is 349 g/mol. The van der Waals surface area contributed by atoms with Crippen LogP contribution in [0, 0.1) is 0 Å². The van der Waals surface area contributed by atoms with Crippen LogP contribution in [0.15, 0.2) is 67.1 Å². The van der Waals surface area contributed by atoms with Crippen LogP contribution in [0.4, 0.5) is 5.82 Å². The molecule has 0 aliphatic carbocycles. The van der Waals surface area contributed by atoms with Gasteiger partial charge in [-0.25, -0.2) is 4.98 Å². The monoisotopic (exact) mass is 349 g/mol. The van der Waals surface area contributed by atoms with Gasteiger partial charge < -0.3 is 14.8 Å². The minimum absolute atomic E-state index is 0.259. The molecule has 0 saturated carbocycles. The van der Waals surface area contributed by atoms with Crippen molar-refractivity contribution in [3.05, 3.63) is 78.2 Å². The zero-order valence-corrected chi connectivity index (χ0v) is 14.4. The van der Waals surface area contributed by atoms with Gasteiger partial charge >= 0.3 is 0 Å². The first-order valence-corrected chi connectivity index (χ1v) is 8.27. The van der Waals surface area contributed by atoms with Crippen molar-refractivity contribution in [2.24, 2.45) is 0 Å². The van der Waals surface area contributed by atoms with Crippen LogP contribution < -0.4 is 14.8 Å². The van der Waals surface area contributed by atoms with Gasteiger partial charge in [-0.05, 0) is 55.0 Å². The number of rotatable bonds is 7. The quantitative estimate of drug-likeness (QED) is 0.704. The molecule has 6 heteroatoms. The van der Waals surface area contributed by atoms with Gasteiger partial charge in [0, 0.05) is 24.2 Å². The van der Waals surface area contributed by atoms with Crippen LogP contribution in [-0.4, -0.2) is 22.5 Å². The van der Waals surface area contributed by atoms with E-state index in [0.29, 0.717) is 36.1 Å². The Morgan fingerprint density at radius 1 is 1.00 bits per heavy atom. The zero-order chi connectivity index (χ0) is 18.2. The third kappa shape index (κ3) is 4.57. The number of nitrogens with zero attached hydrogens (tertiary/aromatic N) is 2. The van der Waals surface area contributed by atoms with Gasteiger partial charge in [0.15, 0.2) is 11.5 Å². The normalized spacial score (nSPS) is 10.2. The number of amides is 1. The van der Waals surface area contributed by atoms with E-state index in [0.717, 1.165) is 5.56 Å². The van der Waals surface area contributed by atoms with Gasteiger partial charge in [0.05, 0.1) is 6.61 Å². The maximum atomic E-state index is 12.4. The van der Waals surface area contributed by atoms with Gasteiger partial charge in [0.25, 0.3) is 5.91 Å². The van der Waals surface area contributed by atoms with Gasteiger partial charge in [-0.15, -0.1) is 0 Å². The molecule has 0 fully saturated rings. The van der Waals surface area contributed by atoms with E-state index in [1.165, 1.54) is 0 Å². The van der Waals surface area contributed by atoms with Gasteiger partial charge in [-0.2, -0.15) is 0 Å². The Bertz CT molecular complexity index is 855. The Hall–Kier alpha value is -3.41. The molecule has 1 aromatic carbocycles. The molecule has 6 nitrogen and oxygen atoms in total. The summed E-state index contributed by atoms with van der Waals surface area (Å²) >= 11 is 0. The fourth-order valence-corrected chi connectivity index (χ4v) is 2.30. The number of nitrogens with one attached hydrogen (secondary N) is 1. The van der Waals surface area contributed by atoms with Crippen molar-refractivity contribution < 1.29 is 14.3 Å². The molecule has 0 spiro atoms. The third-order valence-corrected chi connectivity index (χ3v) is 3.56. The van der Waals surface area contributed by atoms with Crippen molar-refractivity contribution in [3.63, 3.8) is 0 Å². The second kappa shape index (κ2) is 8.62. The molecule has 0 unspecified atom stereocenters. The molecule has 0 aliphatic rings. The zero-order valence-electron chi connectivity index (χ0n) is 14.4.